The van der Waals surface area contributed by atoms with Gasteiger partial charge in [0, 0.05) is 6.08 Å². The lowest BCUT2D eigenvalue weighted by molar-refractivity contribution is -0.138. The van der Waals surface area contributed by atoms with Gasteiger partial charge in [-0.05, 0) is 36.3 Å². The third-order valence-electron chi connectivity index (χ3n) is 3.00. The highest BCUT2D eigenvalue weighted by atomic mass is 16.5. The average molecular weight is 282 g/mol. The van der Waals surface area contributed by atoms with Crippen molar-refractivity contribution in [1.29, 1.82) is 0 Å². The Labute approximate surface area is 124 Å². The third-order valence-corrected chi connectivity index (χ3v) is 3.00. The molecule has 0 aliphatic heterocycles. The van der Waals surface area contributed by atoms with Gasteiger partial charge in [-0.25, -0.2) is 4.79 Å². The second kappa shape index (κ2) is 7.29. The lowest BCUT2D eigenvalue weighted by Crippen LogP contribution is -2.00. The zero-order valence-corrected chi connectivity index (χ0v) is 12.2. The van der Waals surface area contributed by atoms with Crippen molar-refractivity contribution in [3.63, 3.8) is 0 Å². The van der Waals surface area contributed by atoms with Gasteiger partial charge >= 0.3 is 5.97 Å². The van der Waals surface area contributed by atoms with Crippen molar-refractivity contribution < 1.29 is 14.3 Å². The summed E-state index contributed by atoms with van der Waals surface area (Å²) in [5.41, 5.74) is 3.05. The van der Waals surface area contributed by atoms with Gasteiger partial charge in [-0.3, -0.25) is 0 Å². The minimum Gasteiger partial charge on any atom is -0.497 e. The molecule has 3 heteroatoms. The van der Waals surface area contributed by atoms with Crippen LogP contribution in [0.25, 0.3) is 6.08 Å². The van der Waals surface area contributed by atoms with Crippen molar-refractivity contribution in [2.75, 3.05) is 7.11 Å². The molecule has 0 aliphatic rings. The summed E-state index contributed by atoms with van der Waals surface area (Å²) < 4.78 is 10.3. The largest absolute Gasteiger partial charge is 0.497 e. The molecule has 21 heavy (non-hydrogen) atoms. The van der Waals surface area contributed by atoms with E-state index in [1.54, 1.807) is 13.2 Å². The summed E-state index contributed by atoms with van der Waals surface area (Å²) in [6.45, 7) is 2.25. The Morgan fingerprint density at radius 3 is 2.62 bits per heavy atom. The number of rotatable bonds is 5. The number of hydrogen-bond acceptors (Lipinski definition) is 3. The summed E-state index contributed by atoms with van der Waals surface area (Å²) in [7, 11) is 1.61. The smallest absolute Gasteiger partial charge is 0.331 e. The highest BCUT2D eigenvalue weighted by Crippen LogP contribution is 2.13. The van der Waals surface area contributed by atoms with Crippen LogP contribution >= 0.6 is 0 Å². The third kappa shape index (κ3) is 4.80. The van der Waals surface area contributed by atoms with Gasteiger partial charge in [-0.2, -0.15) is 0 Å². The zero-order valence-electron chi connectivity index (χ0n) is 12.2. The molecular formula is C18H18O3. The minimum atomic E-state index is -0.363. The van der Waals surface area contributed by atoms with Crippen LogP contribution in [-0.4, -0.2) is 13.1 Å². The molecule has 0 N–H and O–H groups in total. The maximum Gasteiger partial charge on any atom is 0.331 e. The Morgan fingerprint density at radius 2 is 1.90 bits per heavy atom. The summed E-state index contributed by atoms with van der Waals surface area (Å²) in [6, 6.07) is 15.4. The predicted octanol–water partition coefficient (Wildman–Crippen LogP) is 3.76. The predicted molar refractivity (Wildman–Crippen MR) is 83.0 cm³/mol. The Hall–Kier alpha value is -2.55. The summed E-state index contributed by atoms with van der Waals surface area (Å²) in [5.74, 6) is 0.386. The number of ether oxygens (including phenoxy) is 2. The van der Waals surface area contributed by atoms with Crippen molar-refractivity contribution in [3.05, 3.63) is 71.3 Å². The molecule has 0 radical (unpaired) electrons. The molecule has 2 aromatic carbocycles. The number of hydrogen-bond donors (Lipinski definition) is 0. The number of carbonyl (C=O) groups excluding carboxylic acids is 1. The molecule has 2 rings (SSSR count). The quantitative estimate of drug-likeness (QED) is 0.618. The van der Waals surface area contributed by atoms with Gasteiger partial charge in [0.25, 0.3) is 0 Å². The standard InChI is InChI=1S/C18H18O3/c1-14-6-8-15(9-7-14)10-11-18(19)21-13-16-4-3-5-17(12-16)20-2/h3-12H,13H2,1-2H3/b11-10+. The first kappa shape index (κ1) is 14.9. The number of benzene rings is 2. The fraction of sp³-hybridized carbons (Fsp3) is 0.167. The van der Waals surface area contributed by atoms with Gasteiger partial charge in [0.15, 0.2) is 0 Å². The fourth-order valence-electron chi connectivity index (χ4n) is 1.81. The lowest BCUT2D eigenvalue weighted by Gasteiger charge is -2.04. The summed E-state index contributed by atoms with van der Waals surface area (Å²) in [5, 5.41) is 0. The van der Waals surface area contributed by atoms with Gasteiger partial charge in [-0.15, -0.1) is 0 Å². The van der Waals surface area contributed by atoms with Crippen molar-refractivity contribution in [3.8, 4) is 5.75 Å². The number of esters is 1. The van der Waals surface area contributed by atoms with E-state index in [1.807, 2.05) is 55.5 Å². The van der Waals surface area contributed by atoms with Crippen molar-refractivity contribution in [1.82, 2.24) is 0 Å². The zero-order chi connectivity index (χ0) is 15.1. The van der Waals surface area contributed by atoms with Crippen LogP contribution in [0.5, 0.6) is 5.75 Å². The first-order valence-electron chi connectivity index (χ1n) is 6.72. The first-order valence-corrected chi connectivity index (χ1v) is 6.72. The van der Waals surface area contributed by atoms with E-state index in [-0.39, 0.29) is 12.6 Å². The van der Waals surface area contributed by atoms with Gasteiger partial charge < -0.3 is 9.47 Å². The van der Waals surface area contributed by atoms with Crippen molar-refractivity contribution in [2.24, 2.45) is 0 Å². The molecule has 0 unspecified atom stereocenters. The van der Waals surface area contributed by atoms with Crippen LogP contribution in [0, 0.1) is 6.92 Å². The summed E-state index contributed by atoms with van der Waals surface area (Å²) >= 11 is 0. The van der Waals surface area contributed by atoms with Crippen LogP contribution in [0.1, 0.15) is 16.7 Å². The monoisotopic (exact) mass is 282 g/mol. The SMILES string of the molecule is COc1cccc(COC(=O)/C=C/c2ccc(C)cc2)c1. The molecule has 0 amide bonds. The normalized spacial score (nSPS) is 10.6. The second-order valence-corrected chi connectivity index (χ2v) is 4.70. The van der Waals surface area contributed by atoms with Gasteiger partial charge in [0.1, 0.15) is 12.4 Å². The molecule has 0 heterocycles. The Kier molecular flexibility index (Phi) is 5.16. The molecule has 3 nitrogen and oxygen atoms in total. The molecule has 0 saturated carbocycles. The summed E-state index contributed by atoms with van der Waals surface area (Å²) in [4.78, 5) is 11.7. The summed E-state index contributed by atoms with van der Waals surface area (Å²) in [6.07, 6.45) is 3.18. The Bertz CT molecular complexity index is 627. The molecule has 0 aliphatic carbocycles. The van der Waals surface area contributed by atoms with E-state index >= 15 is 0 Å². The van der Waals surface area contributed by atoms with Crippen molar-refractivity contribution in [2.45, 2.75) is 13.5 Å². The van der Waals surface area contributed by atoms with Gasteiger partial charge in [0.2, 0.25) is 0 Å². The second-order valence-electron chi connectivity index (χ2n) is 4.70. The first-order chi connectivity index (χ1) is 10.2. The van der Waals surface area contributed by atoms with E-state index in [2.05, 4.69) is 0 Å². The van der Waals surface area contributed by atoms with E-state index in [0.717, 1.165) is 16.9 Å². The molecule has 0 fully saturated rings. The molecule has 108 valence electrons. The highest BCUT2D eigenvalue weighted by Gasteiger charge is 2.00. The molecule has 0 atom stereocenters. The minimum absolute atomic E-state index is 0.230. The highest BCUT2D eigenvalue weighted by molar-refractivity contribution is 5.87. The molecule has 2 aromatic rings. The van der Waals surface area contributed by atoms with E-state index in [4.69, 9.17) is 9.47 Å². The van der Waals surface area contributed by atoms with E-state index in [0.29, 0.717) is 0 Å². The van der Waals surface area contributed by atoms with Gasteiger partial charge in [-0.1, -0.05) is 42.0 Å². The fourth-order valence-corrected chi connectivity index (χ4v) is 1.81. The van der Waals surface area contributed by atoms with Crippen LogP contribution in [-0.2, 0) is 16.1 Å². The van der Waals surface area contributed by atoms with Crippen LogP contribution < -0.4 is 4.74 Å². The Morgan fingerprint density at radius 1 is 1.14 bits per heavy atom. The Balaban J connectivity index is 1.88. The lowest BCUT2D eigenvalue weighted by atomic mass is 10.1. The maximum absolute atomic E-state index is 11.7. The number of methoxy groups -OCH3 is 1. The maximum atomic E-state index is 11.7. The van der Waals surface area contributed by atoms with Crippen LogP contribution in [0.2, 0.25) is 0 Å². The van der Waals surface area contributed by atoms with Crippen LogP contribution in [0.4, 0.5) is 0 Å². The molecule has 0 saturated heterocycles. The number of aryl methyl sites for hydroxylation is 1. The van der Waals surface area contributed by atoms with Gasteiger partial charge in [0.05, 0.1) is 7.11 Å². The van der Waals surface area contributed by atoms with E-state index in [1.165, 1.54) is 11.6 Å². The molecule has 0 bridgehead atoms. The average Bonchev–Trinajstić information content (AvgIpc) is 2.52. The number of carbonyl (C=O) groups is 1. The molecular weight excluding hydrogens is 264 g/mol. The van der Waals surface area contributed by atoms with Crippen LogP contribution in [0.15, 0.2) is 54.6 Å². The van der Waals surface area contributed by atoms with E-state index < -0.39 is 0 Å². The topological polar surface area (TPSA) is 35.5 Å². The molecule has 0 aromatic heterocycles. The van der Waals surface area contributed by atoms with Crippen molar-refractivity contribution >= 4 is 12.0 Å². The van der Waals surface area contributed by atoms with Crippen LogP contribution in [0.3, 0.4) is 0 Å². The molecule has 0 spiro atoms. The van der Waals surface area contributed by atoms with E-state index in [9.17, 15) is 4.79 Å².